The van der Waals surface area contributed by atoms with Gasteiger partial charge in [-0.25, -0.2) is 9.68 Å². The van der Waals surface area contributed by atoms with Gasteiger partial charge in [-0.2, -0.15) is 0 Å². The van der Waals surface area contributed by atoms with Gasteiger partial charge in [0.2, 0.25) is 0 Å². The molecule has 0 saturated carbocycles. The van der Waals surface area contributed by atoms with Crippen LogP contribution in [0.25, 0.3) is 0 Å². The second kappa shape index (κ2) is 16.5. The van der Waals surface area contributed by atoms with Crippen LogP contribution in [0, 0.1) is 0 Å². The van der Waals surface area contributed by atoms with Gasteiger partial charge in [-0.15, -0.1) is 0 Å². The van der Waals surface area contributed by atoms with E-state index in [4.69, 9.17) is 10.4 Å². The quantitative estimate of drug-likeness (QED) is 0.169. The van der Waals surface area contributed by atoms with Crippen LogP contribution in [0.5, 0.6) is 0 Å². The molecule has 0 aromatic heterocycles. The van der Waals surface area contributed by atoms with Crippen molar-refractivity contribution < 1.29 is 20.0 Å². The van der Waals surface area contributed by atoms with Crippen LogP contribution in [0.1, 0.15) is 90.4 Å². The monoisotopic (exact) mass is 314 g/mol. The second-order valence-corrected chi connectivity index (χ2v) is 6.02. The fourth-order valence-electron chi connectivity index (χ4n) is 2.57. The van der Waals surface area contributed by atoms with Crippen LogP contribution in [-0.2, 0) is 9.68 Å². The Morgan fingerprint density at radius 3 is 2.05 bits per heavy atom. The predicted molar refractivity (Wildman–Crippen MR) is 90.0 cm³/mol. The van der Waals surface area contributed by atoms with Gasteiger partial charge >= 0.3 is 5.97 Å². The van der Waals surface area contributed by atoms with Crippen molar-refractivity contribution in [2.24, 2.45) is 0 Å². The van der Waals surface area contributed by atoms with E-state index >= 15 is 0 Å². The molecule has 4 heteroatoms. The molecule has 1 unspecified atom stereocenters. The molecule has 0 aliphatic carbocycles. The number of hydrogen-bond donors (Lipinski definition) is 2. The Balaban J connectivity index is 3.40. The Hall–Kier alpha value is -0.870. The van der Waals surface area contributed by atoms with E-state index < -0.39 is 5.97 Å². The van der Waals surface area contributed by atoms with Crippen molar-refractivity contribution in [1.29, 1.82) is 0 Å². The van der Waals surface area contributed by atoms with Crippen LogP contribution in [0.2, 0.25) is 0 Å². The molecule has 0 saturated heterocycles. The average Bonchev–Trinajstić information content (AvgIpc) is 2.50. The number of carbonyl (C=O) groups is 1. The molecule has 0 aliphatic rings. The summed E-state index contributed by atoms with van der Waals surface area (Å²) in [5.41, 5.74) is 0. The molecule has 0 rings (SSSR count). The van der Waals surface area contributed by atoms with Crippen molar-refractivity contribution in [3.8, 4) is 0 Å². The number of unbranched alkanes of at least 4 members (excludes halogenated alkanes) is 9. The molecule has 2 N–H and O–H groups in total. The van der Waals surface area contributed by atoms with Gasteiger partial charge in [0.25, 0.3) is 0 Å². The van der Waals surface area contributed by atoms with Gasteiger partial charge in [0, 0.05) is 6.08 Å². The highest BCUT2D eigenvalue weighted by Gasteiger charge is 2.08. The third-order valence-corrected chi connectivity index (χ3v) is 3.94. The zero-order valence-corrected chi connectivity index (χ0v) is 14.1. The molecular formula is C18H34O4. The number of aliphatic carboxylic acids is 1. The van der Waals surface area contributed by atoms with E-state index in [0.717, 1.165) is 51.4 Å². The minimum Gasteiger partial charge on any atom is -0.478 e. The maximum atomic E-state index is 10.3. The first kappa shape index (κ1) is 21.1. The van der Waals surface area contributed by atoms with Crippen LogP contribution in [0.15, 0.2) is 12.2 Å². The minimum absolute atomic E-state index is 0.0157. The van der Waals surface area contributed by atoms with E-state index in [9.17, 15) is 4.79 Å². The van der Waals surface area contributed by atoms with E-state index in [1.807, 2.05) is 0 Å². The number of hydrogen-bond acceptors (Lipinski definition) is 3. The van der Waals surface area contributed by atoms with Crippen molar-refractivity contribution >= 4 is 5.97 Å². The molecule has 0 heterocycles. The summed E-state index contributed by atoms with van der Waals surface area (Å²) in [6.07, 6.45) is 17.4. The maximum absolute atomic E-state index is 10.3. The summed E-state index contributed by atoms with van der Waals surface area (Å²) < 4.78 is 0. The van der Waals surface area contributed by atoms with Crippen LogP contribution in [0.3, 0.4) is 0 Å². The smallest absolute Gasteiger partial charge is 0.327 e. The fourth-order valence-corrected chi connectivity index (χ4v) is 2.57. The van der Waals surface area contributed by atoms with Crippen molar-refractivity contribution in [2.75, 3.05) is 0 Å². The predicted octanol–water partition coefficient (Wildman–Crippen LogP) is 5.58. The van der Waals surface area contributed by atoms with E-state index in [-0.39, 0.29) is 6.10 Å². The Labute approximate surface area is 135 Å². The van der Waals surface area contributed by atoms with E-state index in [1.54, 1.807) is 6.08 Å². The number of carboxylic acid groups (broad SMARTS) is 1. The summed E-state index contributed by atoms with van der Waals surface area (Å²) in [5, 5.41) is 17.4. The third-order valence-electron chi connectivity index (χ3n) is 3.94. The Bertz CT molecular complexity index is 276. The lowest BCUT2D eigenvalue weighted by Gasteiger charge is -2.13. The molecular weight excluding hydrogens is 280 g/mol. The molecule has 130 valence electrons. The van der Waals surface area contributed by atoms with Gasteiger partial charge in [-0.3, -0.25) is 5.26 Å². The van der Waals surface area contributed by atoms with E-state index in [0.29, 0.717) is 0 Å². The molecule has 0 radical (unpaired) electrons. The highest BCUT2D eigenvalue weighted by molar-refractivity contribution is 5.79. The summed E-state index contributed by atoms with van der Waals surface area (Å²) in [6, 6.07) is 0. The lowest BCUT2D eigenvalue weighted by molar-refractivity contribution is -0.281. The van der Waals surface area contributed by atoms with Crippen molar-refractivity contribution in [2.45, 2.75) is 96.5 Å². The van der Waals surface area contributed by atoms with Crippen LogP contribution in [-0.4, -0.2) is 22.4 Å². The third kappa shape index (κ3) is 15.5. The summed E-state index contributed by atoms with van der Waals surface area (Å²) in [5.74, 6) is -0.877. The Kier molecular flexibility index (Phi) is 15.8. The molecule has 0 bridgehead atoms. The molecule has 22 heavy (non-hydrogen) atoms. The minimum atomic E-state index is -0.877. The largest absolute Gasteiger partial charge is 0.478 e. The summed E-state index contributed by atoms with van der Waals surface area (Å²) in [7, 11) is 0. The van der Waals surface area contributed by atoms with Crippen molar-refractivity contribution in [3.63, 3.8) is 0 Å². The maximum Gasteiger partial charge on any atom is 0.327 e. The molecule has 0 spiro atoms. The van der Waals surface area contributed by atoms with E-state index in [2.05, 4.69) is 11.8 Å². The van der Waals surface area contributed by atoms with E-state index in [1.165, 1.54) is 38.2 Å². The van der Waals surface area contributed by atoms with Crippen molar-refractivity contribution in [3.05, 3.63) is 12.2 Å². The SMILES string of the molecule is CCCCCCCCC(CCCCCCC=CC(=O)O)OO. The topological polar surface area (TPSA) is 66.8 Å². The first-order valence-corrected chi connectivity index (χ1v) is 8.90. The summed E-state index contributed by atoms with van der Waals surface area (Å²) in [4.78, 5) is 14.9. The highest BCUT2D eigenvalue weighted by Crippen LogP contribution is 2.15. The average molecular weight is 314 g/mol. The number of rotatable bonds is 16. The normalized spacial score (nSPS) is 12.8. The molecule has 0 fully saturated rings. The lowest BCUT2D eigenvalue weighted by atomic mass is 10.0. The van der Waals surface area contributed by atoms with Crippen LogP contribution in [0.4, 0.5) is 0 Å². The second-order valence-electron chi connectivity index (χ2n) is 6.02. The van der Waals surface area contributed by atoms with Gasteiger partial charge < -0.3 is 5.11 Å². The standard InChI is InChI=1S/C18H34O4/c1-2-3-4-5-8-11-14-17(22-21)15-12-9-6-7-10-13-16-18(19)20/h13,16-17,21H,2-12,14-15H2,1H3,(H,19,20). The van der Waals surface area contributed by atoms with Gasteiger partial charge in [-0.05, 0) is 25.7 Å². The zero-order valence-electron chi connectivity index (χ0n) is 14.1. The first-order valence-electron chi connectivity index (χ1n) is 8.90. The zero-order chi connectivity index (χ0) is 16.5. The molecule has 4 nitrogen and oxygen atoms in total. The number of carboxylic acids is 1. The summed E-state index contributed by atoms with van der Waals surface area (Å²) in [6.45, 7) is 2.22. The van der Waals surface area contributed by atoms with Crippen LogP contribution >= 0.6 is 0 Å². The Morgan fingerprint density at radius 1 is 0.955 bits per heavy atom. The first-order chi connectivity index (χ1) is 10.7. The van der Waals surface area contributed by atoms with Crippen LogP contribution < -0.4 is 0 Å². The highest BCUT2D eigenvalue weighted by atomic mass is 17.1. The molecule has 0 aromatic carbocycles. The van der Waals surface area contributed by atoms with Gasteiger partial charge in [0.05, 0.1) is 6.10 Å². The van der Waals surface area contributed by atoms with Gasteiger partial charge in [0.15, 0.2) is 0 Å². The molecule has 0 amide bonds. The van der Waals surface area contributed by atoms with Gasteiger partial charge in [-0.1, -0.05) is 70.8 Å². The molecule has 0 aliphatic heterocycles. The molecule has 0 aromatic rings. The fraction of sp³-hybridized carbons (Fsp3) is 0.833. The molecule has 1 atom stereocenters. The Morgan fingerprint density at radius 2 is 1.50 bits per heavy atom. The summed E-state index contributed by atoms with van der Waals surface area (Å²) >= 11 is 0. The lowest BCUT2D eigenvalue weighted by Crippen LogP contribution is -2.10. The van der Waals surface area contributed by atoms with Gasteiger partial charge in [0.1, 0.15) is 0 Å². The number of allylic oxidation sites excluding steroid dienone is 1. The van der Waals surface area contributed by atoms with Crippen molar-refractivity contribution in [1.82, 2.24) is 0 Å².